The lowest BCUT2D eigenvalue weighted by Crippen LogP contribution is -2.33. The van der Waals surface area contributed by atoms with E-state index in [-0.39, 0.29) is 0 Å². The smallest absolute Gasteiger partial charge is 0.239 e. The Morgan fingerprint density at radius 3 is 2.57 bits per heavy atom. The second kappa shape index (κ2) is 6.90. The molecule has 0 bridgehead atoms. The second-order valence-corrected chi connectivity index (χ2v) is 4.94. The Bertz CT molecular complexity index is 611. The molecule has 0 saturated carbocycles. The van der Waals surface area contributed by atoms with Crippen molar-refractivity contribution in [1.82, 2.24) is 5.32 Å². The van der Waals surface area contributed by atoms with Crippen LogP contribution in [-0.2, 0) is 11.3 Å². The van der Waals surface area contributed by atoms with Crippen LogP contribution in [-0.4, -0.2) is 13.0 Å². The first-order chi connectivity index (χ1) is 10.1. The Morgan fingerprint density at radius 2 is 1.95 bits per heavy atom. The summed E-state index contributed by atoms with van der Waals surface area (Å²) in [4.78, 5) is 11.7. The molecule has 0 heterocycles. The summed E-state index contributed by atoms with van der Waals surface area (Å²) in [5.74, 6) is 0.400. The van der Waals surface area contributed by atoms with Crippen LogP contribution >= 0.6 is 0 Å². The topological polar surface area (TPSA) is 64.3 Å². The van der Waals surface area contributed by atoms with Crippen LogP contribution in [0, 0.1) is 6.92 Å². The van der Waals surface area contributed by atoms with E-state index in [0.717, 1.165) is 22.4 Å². The molecular weight excluding hydrogens is 264 g/mol. The SMILES string of the molecule is COc1ccc(C)cc1CNC(C(N)=O)c1ccccc1. The Hall–Kier alpha value is -2.33. The standard InChI is InChI=1S/C17H20N2O2/c1-12-8-9-15(21-2)14(10-12)11-19-16(17(18)20)13-6-4-3-5-7-13/h3-10,16,19H,11H2,1-2H3,(H2,18,20). The van der Waals surface area contributed by atoms with Crippen molar-refractivity contribution in [2.24, 2.45) is 5.73 Å². The van der Waals surface area contributed by atoms with E-state index < -0.39 is 11.9 Å². The molecule has 0 aliphatic carbocycles. The third kappa shape index (κ3) is 3.83. The maximum Gasteiger partial charge on any atom is 0.239 e. The molecule has 1 atom stereocenters. The van der Waals surface area contributed by atoms with Gasteiger partial charge in [0.2, 0.25) is 5.91 Å². The fourth-order valence-electron chi connectivity index (χ4n) is 2.29. The molecule has 4 nitrogen and oxygen atoms in total. The number of carbonyl (C=O) groups excluding carboxylic acids is 1. The lowest BCUT2D eigenvalue weighted by Gasteiger charge is -2.17. The summed E-state index contributed by atoms with van der Waals surface area (Å²) in [6.07, 6.45) is 0. The first-order valence-corrected chi connectivity index (χ1v) is 6.83. The van der Waals surface area contributed by atoms with E-state index in [0.29, 0.717) is 6.54 Å². The molecule has 21 heavy (non-hydrogen) atoms. The van der Waals surface area contributed by atoms with Gasteiger partial charge in [0.05, 0.1) is 7.11 Å². The van der Waals surface area contributed by atoms with E-state index in [9.17, 15) is 4.79 Å². The number of benzene rings is 2. The number of amides is 1. The van der Waals surface area contributed by atoms with Crippen LogP contribution in [0.25, 0.3) is 0 Å². The van der Waals surface area contributed by atoms with Crippen molar-refractivity contribution in [3.63, 3.8) is 0 Å². The first-order valence-electron chi connectivity index (χ1n) is 6.83. The number of primary amides is 1. The van der Waals surface area contributed by atoms with E-state index in [1.807, 2.05) is 55.5 Å². The quantitative estimate of drug-likeness (QED) is 0.855. The Labute approximate surface area is 124 Å². The predicted molar refractivity (Wildman–Crippen MR) is 82.9 cm³/mol. The number of carbonyl (C=O) groups is 1. The third-order valence-corrected chi connectivity index (χ3v) is 3.35. The van der Waals surface area contributed by atoms with Crippen molar-refractivity contribution in [1.29, 1.82) is 0 Å². The Morgan fingerprint density at radius 1 is 1.24 bits per heavy atom. The highest BCUT2D eigenvalue weighted by atomic mass is 16.5. The molecule has 0 radical (unpaired) electrons. The van der Waals surface area contributed by atoms with E-state index >= 15 is 0 Å². The maximum atomic E-state index is 11.7. The maximum absolute atomic E-state index is 11.7. The van der Waals surface area contributed by atoms with Crippen LogP contribution in [0.1, 0.15) is 22.7 Å². The number of hydrogen-bond acceptors (Lipinski definition) is 3. The van der Waals surface area contributed by atoms with E-state index in [1.165, 1.54) is 0 Å². The van der Waals surface area contributed by atoms with Crippen LogP contribution in [0.2, 0.25) is 0 Å². The molecule has 0 aliphatic rings. The summed E-state index contributed by atoms with van der Waals surface area (Å²) in [5, 5.41) is 3.20. The van der Waals surface area contributed by atoms with Gasteiger partial charge in [0.25, 0.3) is 0 Å². The third-order valence-electron chi connectivity index (χ3n) is 3.35. The number of nitrogens with two attached hydrogens (primary N) is 1. The van der Waals surface area contributed by atoms with Gasteiger partial charge < -0.3 is 10.5 Å². The molecular formula is C17H20N2O2. The van der Waals surface area contributed by atoms with Crippen molar-refractivity contribution in [3.05, 3.63) is 65.2 Å². The van der Waals surface area contributed by atoms with Crippen molar-refractivity contribution in [2.75, 3.05) is 7.11 Å². The van der Waals surface area contributed by atoms with Crippen LogP contribution in [0.4, 0.5) is 0 Å². The molecule has 4 heteroatoms. The van der Waals surface area contributed by atoms with Crippen LogP contribution in [0.5, 0.6) is 5.75 Å². The van der Waals surface area contributed by atoms with Gasteiger partial charge in [-0.15, -0.1) is 0 Å². The zero-order valence-electron chi connectivity index (χ0n) is 12.3. The average Bonchev–Trinajstić information content (AvgIpc) is 2.48. The molecule has 1 unspecified atom stereocenters. The largest absolute Gasteiger partial charge is 0.496 e. The zero-order chi connectivity index (χ0) is 15.2. The van der Waals surface area contributed by atoms with Gasteiger partial charge in [-0.3, -0.25) is 10.1 Å². The van der Waals surface area contributed by atoms with Crippen molar-refractivity contribution in [3.8, 4) is 5.75 Å². The molecule has 0 spiro atoms. The van der Waals surface area contributed by atoms with E-state index in [2.05, 4.69) is 5.32 Å². The average molecular weight is 284 g/mol. The van der Waals surface area contributed by atoms with Crippen LogP contribution in [0.15, 0.2) is 48.5 Å². The summed E-state index contributed by atoms with van der Waals surface area (Å²) in [5.41, 5.74) is 8.50. The summed E-state index contributed by atoms with van der Waals surface area (Å²) in [6, 6.07) is 14.9. The van der Waals surface area contributed by atoms with Gasteiger partial charge in [0.15, 0.2) is 0 Å². The number of methoxy groups -OCH3 is 1. The monoisotopic (exact) mass is 284 g/mol. The molecule has 3 N–H and O–H groups in total. The molecule has 2 aromatic carbocycles. The summed E-state index contributed by atoms with van der Waals surface area (Å²) >= 11 is 0. The van der Waals surface area contributed by atoms with Crippen molar-refractivity contribution in [2.45, 2.75) is 19.5 Å². The minimum atomic E-state index is -0.517. The number of nitrogens with one attached hydrogen (secondary N) is 1. The molecule has 0 aliphatic heterocycles. The minimum Gasteiger partial charge on any atom is -0.496 e. The zero-order valence-corrected chi connectivity index (χ0v) is 12.3. The molecule has 2 rings (SSSR count). The Kier molecular flexibility index (Phi) is 4.95. The molecule has 0 fully saturated rings. The van der Waals surface area contributed by atoms with Gasteiger partial charge in [-0.2, -0.15) is 0 Å². The highest BCUT2D eigenvalue weighted by molar-refractivity contribution is 5.81. The molecule has 2 aromatic rings. The van der Waals surface area contributed by atoms with Gasteiger partial charge in [-0.05, 0) is 18.6 Å². The van der Waals surface area contributed by atoms with Gasteiger partial charge in [0.1, 0.15) is 11.8 Å². The predicted octanol–water partition coefficient (Wildman–Crippen LogP) is 2.32. The summed E-state index contributed by atoms with van der Waals surface area (Å²) in [6.45, 7) is 2.53. The fraction of sp³-hybridized carbons (Fsp3) is 0.235. The minimum absolute atomic E-state index is 0.396. The molecule has 110 valence electrons. The molecule has 1 amide bonds. The number of aryl methyl sites for hydroxylation is 1. The highest BCUT2D eigenvalue weighted by Gasteiger charge is 2.17. The highest BCUT2D eigenvalue weighted by Crippen LogP contribution is 2.21. The van der Waals surface area contributed by atoms with E-state index in [4.69, 9.17) is 10.5 Å². The summed E-state index contributed by atoms with van der Waals surface area (Å²) < 4.78 is 5.34. The normalized spacial score (nSPS) is 11.9. The van der Waals surface area contributed by atoms with Gasteiger partial charge in [-0.1, -0.05) is 48.0 Å². The first kappa shape index (κ1) is 15.1. The van der Waals surface area contributed by atoms with Crippen molar-refractivity contribution < 1.29 is 9.53 Å². The number of hydrogen-bond donors (Lipinski definition) is 2. The van der Waals surface area contributed by atoms with E-state index in [1.54, 1.807) is 7.11 Å². The van der Waals surface area contributed by atoms with Crippen molar-refractivity contribution >= 4 is 5.91 Å². The fourth-order valence-corrected chi connectivity index (χ4v) is 2.29. The van der Waals surface area contributed by atoms with Crippen LogP contribution in [0.3, 0.4) is 0 Å². The Balaban J connectivity index is 2.16. The molecule has 0 aromatic heterocycles. The van der Waals surface area contributed by atoms with Gasteiger partial charge >= 0.3 is 0 Å². The molecule has 0 saturated heterocycles. The number of rotatable bonds is 6. The van der Waals surface area contributed by atoms with Crippen LogP contribution < -0.4 is 15.8 Å². The van der Waals surface area contributed by atoms with Gasteiger partial charge in [-0.25, -0.2) is 0 Å². The second-order valence-electron chi connectivity index (χ2n) is 4.94. The number of ether oxygens (including phenoxy) is 1. The summed E-state index contributed by atoms with van der Waals surface area (Å²) in [7, 11) is 1.64. The van der Waals surface area contributed by atoms with Gasteiger partial charge in [0, 0.05) is 12.1 Å². The lowest BCUT2D eigenvalue weighted by atomic mass is 10.1. The lowest BCUT2D eigenvalue weighted by molar-refractivity contribution is -0.120.